The summed E-state index contributed by atoms with van der Waals surface area (Å²) in [5.74, 6) is 1.47. The number of rotatable bonds is 3. The first-order valence-electron chi connectivity index (χ1n) is 8.38. The Kier molecular flexibility index (Phi) is 4.96. The molecule has 0 atom stereocenters. The summed E-state index contributed by atoms with van der Waals surface area (Å²) in [6, 6.07) is 2.34. The molecule has 1 aromatic rings. The van der Waals surface area contributed by atoms with E-state index in [-0.39, 0.29) is 0 Å². The molecular formula is C17H27N3O. The summed E-state index contributed by atoms with van der Waals surface area (Å²) in [4.78, 5) is 7.02. The number of hydrogen-bond donors (Lipinski definition) is 1. The van der Waals surface area contributed by atoms with Crippen molar-refractivity contribution in [1.82, 2.24) is 10.3 Å². The molecule has 0 bridgehead atoms. The molecule has 21 heavy (non-hydrogen) atoms. The molecule has 116 valence electrons. The Morgan fingerprint density at radius 2 is 2.00 bits per heavy atom. The van der Waals surface area contributed by atoms with Gasteiger partial charge in [0.05, 0.1) is 7.11 Å². The van der Waals surface area contributed by atoms with Gasteiger partial charge in [-0.1, -0.05) is 19.3 Å². The molecule has 2 heterocycles. The lowest BCUT2D eigenvalue weighted by atomic mass is 9.84. The first kappa shape index (κ1) is 14.6. The number of methoxy groups -OCH3 is 1. The van der Waals surface area contributed by atoms with Gasteiger partial charge in [0.25, 0.3) is 0 Å². The molecule has 1 aliphatic carbocycles. The van der Waals surface area contributed by atoms with Crippen molar-refractivity contribution in [3.05, 3.63) is 17.8 Å². The van der Waals surface area contributed by atoms with E-state index in [1.807, 2.05) is 6.20 Å². The van der Waals surface area contributed by atoms with Gasteiger partial charge in [-0.2, -0.15) is 0 Å². The minimum Gasteiger partial charge on any atom is -0.480 e. The minimum atomic E-state index is 0.695. The third kappa shape index (κ3) is 3.49. The Bertz CT molecular complexity index is 449. The van der Waals surface area contributed by atoms with Crippen LogP contribution in [0.1, 0.15) is 50.0 Å². The van der Waals surface area contributed by atoms with Crippen LogP contribution in [0.25, 0.3) is 0 Å². The molecular weight excluding hydrogens is 262 g/mol. The fraction of sp³-hybridized carbons (Fsp3) is 0.706. The Morgan fingerprint density at radius 3 is 2.81 bits per heavy atom. The van der Waals surface area contributed by atoms with Gasteiger partial charge in [-0.15, -0.1) is 0 Å². The van der Waals surface area contributed by atoms with E-state index in [2.05, 4.69) is 21.3 Å². The van der Waals surface area contributed by atoms with Crippen molar-refractivity contribution < 1.29 is 4.74 Å². The zero-order valence-electron chi connectivity index (χ0n) is 13.1. The number of hydrogen-bond acceptors (Lipinski definition) is 4. The number of anilines is 1. The number of nitrogens with one attached hydrogen (secondary N) is 1. The molecule has 1 aromatic heterocycles. The Morgan fingerprint density at radius 1 is 1.14 bits per heavy atom. The predicted molar refractivity (Wildman–Crippen MR) is 86.3 cm³/mol. The standard InChI is InChI=1S/C17H27N3O/c1-21-17-16(20-10-5-8-18-9-11-20)12-15(13-19-17)14-6-3-2-4-7-14/h12-14,18H,2-11H2,1H3. The van der Waals surface area contributed by atoms with E-state index >= 15 is 0 Å². The Balaban J connectivity index is 1.85. The molecule has 1 saturated heterocycles. The van der Waals surface area contributed by atoms with E-state index in [0.29, 0.717) is 5.92 Å². The summed E-state index contributed by atoms with van der Waals surface area (Å²) in [6.45, 7) is 4.26. The van der Waals surface area contributed by atoms with Crippen molar-refractivity contribution in [2.75, 3.05) is 38.2 Å². The van der Waals surface area contributed by atoms with E-state index < -0.39 is 0 Å². The molecule has 2 fully saturated rings. The van der Waals surface area contributed by atoms with Crippen molar-refractivity contribution in [2.24, 2.45) is 0 Å². The molecule has 0 radical (unpaired) electrons. The minimum absolute atomic E-state index is 0.695. The molecule has 0 amide bonds. The maximum absolute atomic E-state index is 5.51. The maximum Gasteiger partial charge on any atom is 0.237 e. The van der Waals surface area contributed by atoms with Gasteiger partial charge >= 0.3 is 0 Å². The number of aromatic nitrogens is 1. The van der Waals surface area contributed by atoms with Crippen LogP contribution < -0.4 is 15.0 Å². The van der Waals surface area contributed by atoms with Crippen LogP contribution >= 0.6 is 0 Å². The van der Waals surface area contributed by atoms with Crippen LogP contribution in [0.5, 0.6) is 5.88 Å². The van der Waals surface area contributed by atoms with E-state index in [9.17, 15) is 0 Å². The average Bonchev–Trinajstić information content (AvgIpc) is 2.84. The van der Waals surface area contributed by atoms with Crippen LogP contribution in [0.4, 0.5) is 5.69 Å². The maximum atomic E-state index is 5.51. The third-order valence-electron chi connectivity index (χ3n) is 4.80. The summed E-state index contributed by atoms with van der Waals surface area (Å²) in [5, 5.41) is 3.46. The zero-order valence-corrected chi connectivity index (χ0v) is 13.1. The van der Waals surface area contributed by atoms with Crippen LogP contribution in [0.15, 0.2) is 12.3 Å². The van der Waals surface area contributed by atoms with E-state index in [1.54, 1.807) is 7.11 Å². The van der Waals surface area contributed by atoms with E-state index in [0.717, 1.165) is 32.1 Å². The van der Waals surface area contributed by atoms with Gasteiger partial charge in [0.1, 0.15) is 5.69 Å². The molecule has 0 spiro atoms. The average molecular weight is 289 g/mol. The monoisotopic (exact) mass is 289 g/mol. The van der Waals surface area contributed by atoms with Crippen molar-refractivity contribution in [1.29, 1.82) is 0 Å². The largest absolute Gasteiger partial charge is 0.480 e. The second-order valence-electron chi connectivity index (χ2n) is 6.22. The molecule has 4 nitrogen and oxygen atoms in total. The molecule has 4 heteroatoms. The summed E-state index contributed by atoms with van der Waals surface area (Å²) in [5.41, 5.74) is 2.59. The summed E-state index contributed by atoms with van der Waals surface area (Å²) in [7, 11) is 1.72. The van der Waals surface area contributed by atoms with Crippen LogP contribution in [0, 0.1) is 0 Å². The SMILES string of the molecule is COc1ncc(C2CCCCC2)cc1N1CCCNCC1. The molecule has 2 aliphatic rings. The van der Waals surface area contributed by atoms with Gasteiger partial charge in [0.15, 0.2) is 0 Å². The third-order valence-corrected chi connectivity index (χ3v) is 4.80. The lowest BCUT2D eigenvalue weighted by Crippen LogP contribution is -2.28. The second-order valence-corrected chi connectivity index (χ2v) is 6.22. The molecule has 0 aromatic carbocycles. The summed E-state index contributed by atoms with van der Waals surface area (Å²) < 4.78 is 5.51. The van der Waals surface area contributed by atoms with Crippen molar-refractivity contribution in [3.63, 3.8) is 0 Å². The Labute approximate surface area is 127 Å². The first-order valence-corrected chi connectivity index (χ1v) is 8.38. The van der Waals surface area contributed by atoms with Crippen LogP contribution in [-0.4, -0.2) is 38.3 Å². The number of ether oxygens (including phenoxy) is 1. The highest BCUT2D eigenvalue weighted by Gasteiger charge is 2.20. The van der Waals surface area contributed by atoms with E-state index in [4.69, 9.17) is 4.74 Å². The molecule has 0 unspecified atom stereocenters. The van der Waals surface area contributed by atoms with Crippen LogP contribution in [0.3, 0.4) is 0 Å². The second kappa shape index (κ2) is 7.12. The number of pyridine rings is 1. The quantitative estimate of drug-likeness (QED) is 0.928. The molecule has 1 saturated carbocycles. The topological polar surface area (TPSA) is 37.4 Å². The van der Waals surface area contributed by atoms with Gasteiger partial charge in [0, 0.05) is 25.8 Å². The normalized spacial score (nSPS) is 21.1. The van der Waals surface area contributed by atoms with Crippen LogP contribution in [0.2, 0.25) is 0 Å². The molecule has 1 N–H and O–H groups in total. The predicted octanol–water partition coefficient (Wildman–Crippen LogP) is 2.94. The van der Waals surface area contributed by atoms with Gasteiger partial charge in [-0.3, -0.25) is 0 Å². The highest BCUT2D eigenvalue weighted by Crippen LogP contribution is 2.36. The van der Waals surface area contributed by atoms with Crippen molar-refractivity contribution in [3.8, 4) is 5.88 Å². The number of nitrogens with zero attached hydrogens (tertiary/aromatic N) is 2. The van der Waals surface area contributed by atoms with Crippen molar-refractivity contribution in [2.45, 2.75) is 44.4 Å². The highest BCUT2D eigenvalue weighted by molar-refractivity contribution is 5.57. The summed E-state index contributed by atoms with van der Waals surface area (Å²) >= 11 is 0. The molecule has 1 aliphatic heterocycles. The van der Waals surface area contributed by atoms with Gasteiger partial charge in [0.2, 0.25) is 5.88 Å². The van der Waals surface area contributed by atoms with Gasteiger partial charge < -0.3 is 15.0 Å². The highest BCUT2D eigenvalue weighted by atomic mass is 16.5. The Hall–Kier alpha value is -1.29. The smallest absolute Gasteiger partial charge is 0.237 e. The van der Waals surface area contributed by atoms with E-state index in [1.165, 1.54) is 49.8 Å². The van der Waals surface area contributed by atoms with Gasteiger partial charge in [-0.25, -0.2) is 4.98 Å². The van der Waals surface area contributed by atoms with Crippen molar-refractivity contribution >= 4 is 5.69 Å². The first-order chi connectivity index (χ1) is 10.4. The molecule has 3 rings (SSSR count). The fourth-order valence-corrected chi connectivity index (χ4v) is 3.59. The summed E-state index contributed by atoms with van der Waals surface area (Å²) in [6.07, 6.45) is 9.96. The van der Waals surface area contributed by atoms with Crippen LogP contribution in [-0.2, 0) is 0 Å². The fourth-order valence-electron chi connectivity index (χ4n) is 3.59. The lowest BCUT2D eigenvalue weighted by molar-refractivity contribution is 0.395. The lowest BCUT2D eigenvalue weighted by Gasteiger charge is -2.27. The zero-order chi connectivity index (χ0) is 14.5. The van der Waals surface area contributed by atoms with Gasteiger partial charge in [-0.05, 0) is 43.4 Å².